The van der Waals surface area contributed by atoms with Gasteiger partial charge in [0.25, 0.3) is 0 Å². The summed E-state index contributed by atoms with van der Waals surface area (Å²) in [7, 11) is 1.45. The highest BCUT2D eigenvalue weighted by atomic mass is 16.5. The summed E-state index contributed by atoms with van der Waals surface area (Å²) in [5.74, 6) is 0.664. The van der Waals surface area contributed by atoms with E-state index in [4.69, 9.17) is 4.74 Å². The van der Waals surface area contributed by atoms with Crippen LogP contribution in [-0.2, 0) is 9.53 Å². The van der Waals surface area contributed by atoms with E-state index >= 15 is 0 Å². The van der Waals surface area contributed by atoms with Crippen LogP contribution in [0.4, 0.5) is 0 Å². The van der Waals surface area contributed by atoms with Gasteiger partial charge < -0.3 is 10.1 Å². The first kappa shape index (κ1) is 14.4. The van der Waals surface area contributed by atoms with Crippen LogP contribution >= 0.6 is 0 Å². The molecular formula is C12H25NO2. The molecule has 0 saturated carbocycles. The van der Waals surface area contributed by atoms with Crippen LogP contribution in [0.5, 0.6) is 0 Å². The topological polar surface area (TPSA) is 38.3 Å². The fourth-order valence-corrected chi connectivity index (χ4v) is 1.47. The minimum Gasteiger partial charge on any atom is -0.469 e. The molecule has 0 aromatic carbocycles. The number of carbonyl (C=O) groups is 1. The van der Waals surface area contributed by atoms with Crippen molar-refractivity contribution in [1.82, 2.24) is 5.32 Å². The van der Waals surface area contributed by atoms with E-state index < -0.39 is 0 Å². The molecule has 0 heterocycles. The standard InChI is InChI=1S/C12H25NO2/c1-5-11(12(14)15-4)9-13-8-6-7-10(2)3/h10-11,13H,5-9H2,1-4H3. The summed E-state index contributed by atoms with van der Waals surface area (Å²) in [6.07, 6.45) is 3.25. The molecule has 0 aliphatic heterocycles. The van der Waals surface area contributed by atoms with E-state index in [0.29, 0.717) is 0 Å². The van der Waals surface area contributed by atoms with Gasteiger partial charge in [0, 0.05) is 6.54 Å². The van der Waals surface area contributed by atoms with Gasteiger partial charge >= 0.3 is 5.97 Å². The Morgan fingerprint density at radius 2 is 2.07 bits per heavy atom. The zero-order chi connectivity index (χ0) is 11.7. The van der Waals surface area contributed by atoms with E-state index in [-0.39, 0.29) is 11.9 Å². The smallest absolute Gasteiger partial charge is 0.309 e. The first-order valence-corrected chi connectivity index (χ1v) is 5.90. The van der Waals surface area contributed by atoms with Gasteiger partial charge in [-0.3, -0.25) is 4.79 Å². The van der Waals surface area contributed by atoms with Crippen molar-refractivity contribution in [2.24, 2.45) is 11.8 Å². The Bertz CT molecular complexity index is 169. The van der Waals surface area contributed by atoms with Crippen LogP contribution in [-0.4, -0.2) is 26.2 Å². The number of methoxy groups -OCH3 is 1. The van der Waals surface area contributed by atoms with Crippen molar-refractivity contribution in [3.8, 4) is 0 Å². The average Bonchev–Trinajstić information content (AvgIpc) is 2.22. The second kappa shape index (κ2) is 8.72. The second-order valence-corrected chi connectivity index (χ2v) is 4.37. The zero-order valence-corrected chi connectivity index (χ0v) is 10.5. The lowest BCUT2D eigenvalue weighted by atomic mass is 10.1. The number of rotatable bonds is 8. The van der Waals surface area contributed by atoms with Gasteiger partial charge in [0.2, 0.25) is 0 Å². The Hall–Kier alpha value is -0.570. The molecule has 3 nitrogen and oxygen atoms in total. The number of carbonyl (C=O) groups excluding carboxylic acids is 1. The van der Waals surface area contributed by atoms with Gasteiger partial charge in [-0.1, -0.05) is 20.8 Å². The van der Waals surface area contributed by atoms with Crippen molar-refractivity contribution >= 4 is 5.97 Å². The zero-order valence-electron chi connectivity index (χ0n) is 10.5. The molecule has 1 N–H and O–H groups in total. The maximum absolute atomic E-state index is 11.3. The number of nitrogens with one attached hydrogen (secondary N) is 1. The predicted molar refractivity (Wildman–Crippen MR) is 62.7 cm³/mol. The van der Waals surface area contributed by atoms with Crippen LogP contribution < -0.4 is 5.32 Å². The number of esters is 1. The van der Waals surface area contributed by atoms with Gasteiger partial charge in [-0.05, 0) is 31.7 Å². The molecule has 15 heavy (non-hydrogen) atoms. The largest absolute Gasteiger partial charge is 0.469 e. The Labute approximate surface area is 93.6 Å². The maximum atomic E-state index is 11.3. The minimum atomic E-state index is -0.103. The molecular weight excluding hydrogens is 190 g/mol. The molecule has 90 valence electrons. The number of hydrogen-bond acceptors (Lipinski definition) is 3. The van der Waals surface area contributed by atoms with Crippen LogP contribution in [0.25, 0.3) is 0 Å². The first-order chi connectivity index (χ1) is 7.11. The minimum absolute atomic E-state index is 0.00838. The lowest BCUT2D eigenvalue weighted by Gasteiger charge is -2.13. The second-order valence-electron chi connectivity index (χ2n) is 4.37. The molecule has 0 saturated heterocycles. The number of hydrogen-bond donors (Lipinski definition) is 1. The average molecular weight is 215 g/mol. The van der Waals surface area contributed by atoms with Crippen LogP contribution in [0.15, 0.2) is 0 Å². The van der Waals surface area contributed by atoms with Crippen LogP contribution in [0.1, 0.15) is 40.0 Å². The molecule has 1 atom stereocenters. The van der Waals surface area contributed by atoms with Crippen molar-refractivity contribution in [2.45, 2.75) is 40.0 Å². The SMILES string of the molecule is CCC(CNCCCC(C)C)C(=O)OC. The summed E-state index contributed by atoms with van der Waals surface area (Å²) in [6, 6.07) is 0. The van der Waals surface area contributed by atoms with Gasteiger partial charge in [-0.2, -0.15) is 0 Å². The van der Waals surface area contributed by atoms with Crippen molar-refractivity contribution in [2.75, 3.05) is 20.2 Å². The summed E-state index contributed by atoms with van der Waals surface area (Å²) < 4.78 is 4.72. The van der Waals surface area contributed by atoms with Gasteiger partial charge in [0.05, 0.1) is 13.0 Å². The Balaban J connectivity index is 3.51. The molecule has 0 radical (unpaired) electrons. The maximum Gasteiger partial charge on any atom is 0.309 e. The predicted octanol–water partition coefficient (Wildman–Crippen LogP) is 2.21. The van der Waals surface area contributed by atoms with Crippen LogP contribution in [0.2, 0.25) is 0 Å². The molecule has 0 spiro atoms. The lowest BCUT2D eigenvalue weighted by molar-refractivity contribution is -0.145. The lowest BCUT2D eigenvalue weighted by Crippen LogP contribution is -2.29. The molecule has 0 amide bonds. The Kier molecular flexibility index (Phi) is 8.38. The third-order valence-electron chi connectivity index (χ3n) is 2.55. The van der Waals surface area contributed by atoms with Crippen molar-refractivity contribution in [3.05, 3.63) is 0 Å². The molecule has 1 unspecified atom stereocenters. The van der Waals surface area contributed by atoms with E-state index in [9.17, 15) is 4.79 Å². The number of ether oxygens (including phenoxy) is 1. The van der Waals surface area contributed by atoms with Gasteiger partial charge in [0.1, 0.15) is 0 Å². The summed E-state index contributed by atoms with van der Waals surface area (Å²) in [6.45, 7) is 8.19. The summed E-state index contributed by atoms with van der Waals surface area (Å²) in [5.41, 5.74) is 0. The molecule has 0 aliphatic carbocycles. The molecule has 0 aliphatic rings. The molecule has 0 bridgehead atoms. The highest BCUT2D eigenvalue weighted by Gasteiger charge is 2.15. The summed E-state index contributed by atoms with van der Waals surface area (Å²) in [5, 5.41) is 3.31. The fraction of sp³-hybridized carbons (Fsp3) is 0.917. The molecule has 0 aromatic rings. The van der Waals surface area contributed by atoms with Gasteiger partial charge in [0.15, 0.2) is 0 Å². The molecule has 0 rings (SSSR count). The van der Waals surface area contributed by atoms with Gasteiger partial charge in [-0.15, -0.1) is 0 Å². The highest BCUT2D eigenvalue weighted by Crippen LogP contribution is 2.04. The molecule has 3 heteroatoms. The van der Waals surface area contributed by atoms with E-state index in [2.05, 4.69) is 19.2 Å². The van der Waals surface area contributed by atoms with Gasteiger partial charge in [-0.25, -0.2) is 0 Å². The summed E-state index contributed by atoms with van der Waals surface area (Å²) >= 11 is 0. The van der Waals surface area contributed by atoms with E-state index in [1.807, 2.05) is 6.92 Å². The van der Waals surface area contributed by atoms with Crippen LogP contribution in [0.3, 0.4) is 0 Å². The van der Waals surface area contributed by atoms with E-state index in [1.165, 1.54) is 20.0 Å². The quantitative estimate of drug-likeness (QED) is 0.498. The van der Waals surface area contributed by atoms with Crippen molar-refractivity contribution in [3.63, 3.8) is 0 Å². The monoisotopic (exact) mass is 215 g/mol. The Morgan fingerprint density at radius 1 is 1.40 bits per heavy atom. The fourth-order valence-electron chi connectivity index (χ4n) is 1.47. The third kappa shape index (κ3) is 7.37. The normalized spacial score (nSPS) is 12.9. The van der Waals surface area contributed by atoms with Crippen molar-refractivity contribution in [1.29, 1.82) is 0 Å². The van der Waals surface area contributed by atoms with E-state index in [1.54, 1.807) is 0 Å². The van der Waals surface area contributed by atoms with E-state index in [0.717, 1.165) is 25.4 Å². The highest BCUT2D eigenvalue weighted by molar-refractivity contribution is 5.72. The first-order valence-electron chi connectivity index (χ1n) is 5.90. The van der Waals surface area contributed by atoms with Crippen molar-refractivity contribution < 1.29 is 9.53 Å². The molecule has 0 aromatic heterocycles. The Morgan fingerprint density at radius 3 is 2.53 bits per heavy atom. The van der Waals surface area contributed by atoms with Crippen LogP contribution in [0, 0.1) is 11.8 Å². The summed E-state index contributed by atoms with van der Waals surface area (Å²) in [4.78, 5) is 11.3. The molecule has 0 fully saturated rings. The third-order valence-corrected chi connectivity index (χ3v) is 2.55.